The fourth-order valence-electron chi connectivity index (χ4n) is 2.33. The number of hydrogen-bond acceptors (Lipinski definition) is 3. The highest BCUT2D eigenvalue weighted by Crippen LogP contribution is 2.25. The van der Waals surface area contributed by atoms with Crippen molar-refractivity contribution < 1.29 is 4.74 Å². The lowest BCUT2D eigenvalue weighted by atomic mass is 10.2. The molecule has 1 N–H and O–H groups in total. The van der Waals surface area contributed by atoms with Gasteiger partial charge in [0.2, 0.25) is 0 Å². The van der Waals surface area contributed by atoms with Gasteiger partial charge >= 0.3 is 0 Å². The second kappa shape index (κ2) is 10.2. The molecule has 0 aliphatic heterocycles. The molecule has 1 heterocycles. The highest BCUT2D eigenvalue weighted by Gasteiger charge is 2.07. The largest absolute Gasteiger partial charge is 0.489 e. The minimum Gasteiger partial charge on any atom is -0.489 e. The number of ether oxygens (including phenoxy) is 1. The third kappa shape index (κ3) is 6.01. The van der Waals surface area contributed by atoms with Crippen molar-refractivity contribution in [2.24, 2.45) is 0 Å². The molecule has 132 valence electrons. The first-order valence-corrected chi connectivity index (χ1v) is 9.65. The lowest BCUT2D eigenvalue weighted by molar-refractivity contribution is 0.302. The van der Waals surface area contributed by atoms with Gasteiger partial charge in [-0.1, -0.05) is 51.8 Å². The average molecular weight is 459 g/mol. The number of rotatable bonds is 7. The molecule has 2 aromatic carbocycles. The van der Waals surface area contributed by atoms with Crippen LogP contribution in [0, 0.1) is 0 Å². The summed E-state index contributed by atoms with van der Waals surface area (Å²) in [5.41, 5.74) is 2.10. The lowest BCUT2D eigenvalue weighted by Crippen LogP contribution is -2.13. The molecule has 0 aliphatic rings. The minimum atomic E-state index is 0. The van der Waals surface area contributed by atoms with Crippen LogP contribution in [0.3, 0.4) is 0 Å². The van der Waals surface area contributed by atoms with E-state index in [0.29, 0.717) is 6.61 Å². The Kier molecular flexibility index (Phi) is 8.27. The fourth-order valence-corrected chi connectivity index (χ4v) is 3.60. The van der Waals surface area contributed by atoms with Crippen LogP contribution in [0.5, 0.6) is 5.75 Å². The molecule has 0 spiro atoms. The van der Waals surface area contributed by atoms with Gasteiger partial charge < -0.3 is 10.1 Å². The number of nitrogens with one attached hydrogen (secondary N) is 1. The topological polar surface area (TPSA) is 21.3 Å². The molecule has 0 amide bonds. The van der Waals surface area contributed by atoms with E-state index in [0.717, 1.165) is 39.5 Å². The van der Waals surface area contributed by atoms with E-state index in [1.807, 2.05) is 36.4 Å². The molecule has 0 aliphatic carbocycles. The van der Waals surface area contributed by atoms with Crippen LogP contribution >= 0.6 is 51.3 Å². The maximum atomic E-state index is 6.20. The van der Waals surface area contributed by atoms with Crippen molar-refractivity contribution >= 4 is 51.3 Å². The maximum absolute atomic E-state index is 6.20. The molecule has 6 heteroatoms. The number of benzene rings is 2. The van der Waals surface area contributed by atoms with Crippen LogP contribution in [0.2, 0.25) is 5.02 Å². The number of hydrogen-bond donors (Lipinski definition) is 1. The normalized spacial score (nSPS) is 10.3. The van der Waals surface area contributed by atoms with Gasteiger partial charge in [0.05, 0.1) is 0 Å². The van der Waals surface area contributed by atoms with Gasteiger partial charge in [-0.25, -0.2) is 0 Å². The Morgan fingerprint density at radius 2 is 1.84 bits per heavy atom. The van der Waals surface area contributed by atoms with Crippen LogP contribution in [0.25, 0.3) is 0 Å². The van der Waals surface area contributed by atoms with Gasteiger partial charge in [-0.3, -0.25) is 0 Å². The first kappa shape index (κ1) is 20.3. The maximum Gasteiger partial charge on any atom is 0.124 e. The quantitative estimate of drug-likeness (QED) is 0.438. The first-order valence-electron chi connectivity index (χ1n) is 7.60. The van der Waals surface area contributed by atoms with E-state index < -0.39 is 0 Å². The van der Waals surface area contributed by atoms with Gasteiger partial charge in [0.25, 0.3) is 0 Å². The Balaban J connectivity index is 0.00000225. The Bertz CT molecular complexity index is 796. The van der Waals surface area contributed by atoms with Crippen molar-refractivity contribution in [3.8, 4) is 5.75 Å². The van der Waals surface area contributed by atoms with Crippen LogP contribution < -0.4 is 10.1 Å². The first-order chi connectivity index (χ1) is 11.7. The molecule has 25 heavy (non-hydrogen) atoms. The van der Waals surface area contributed by atoms with Crippen molar-refractivity contribution in [1.82, 2.24) is 5.32 Å². The summed E-state index contributed by atoms with van der Waals surface area (Å²) in [6.45, 7) is 2.06. The zero-order valence-corrected chi connectivity index (χ0v) is 17.4. The summed E-state index contributed by atoms with van der Waals surface area (Å²) in [4.78, 5) is 1.32. The van der Waals surface area contributed by atoms with Gasteiger partial charge in [-0.15, -0.1) is 23.7 Å². The molecule has 0 saturated heterocycles. The van der Waals surface area contributed by atoms with Gasteiger partial charge in [0.1, 0.15) is 12.4 Å². The van der Waals surface area contributed by atoms with Gasteiger partial charge in [0.15, 0.2) is 0 Å². The Morgan fingerprint density at radius 1 is 1.00 bits per heavy atom. The van der Waals surface area contributed by atoms with Crippen molar-refractivity contribution in [2.45, 2.75) is 19.7 Å². The summed E-state index contributed by atoms with van der Waals surface area (Å²) in [6.07, 6.45) is 0. The average Bonchev–Trinajstić information content (AvgIpc) is 3.09. The van der Waals surface area contributed by atoms with E-state index in [2.05, 4.69) is 44.8 Å². The van der Waals surface area contributed by atoms with E-state index >= 15 is 0 Å². The van der Waals surface area contributed by atoms with E-state index in [-0.39, 0.29) is 12.4 Å². The summed E-state index contributed by atoms with van der Waals surface area (Å²) in [6, 6.07) is 18.0. The molecular weight excluding hydrogens is 441 g/mol. The van der Waals surface area contributed by atoms with E-state index in [1.54, 1.807) is 11.3 Å². The fraction of sp³-hybridized carbons (Fsp3) is 0.158. The zero-order chi connectivity index (χ0) is 16.8. The lowest BCUT2D eigenvalue weighted by Gasteiger charge is -2.13. The molecule has 0 saturated carbocycles. The summed E-state index contributed by atoms with van der Waals surface area (Å²) in [7, 11) is 0. The molecule has 0 unspecified atom stereocenters. The molecular formula is C19H18BrCl2NOS. The molecule has 0 radical (unpaired) electrons. The van der Waals surface area contributed by atoms with Crippen molar-refractivity contribution in [2.75, 3.05) is 0 Å². The molecule has 0 bridgehead atoms. The van der Waals surface area contributed by atoms with Gasteiger partial charge in [-0.05, 0) is 35.7 Å². The van der Waals surface area contributed by atoms with E-state index in [4.69, 9.17) is 16.3 Å². The zero-order valence-electron chi connectivity index (χ0n) is 13.4. The second-order valence-electron chi connectivity index (χ2n) is 5.32. The molecule has 1 aromatic heterocycles. The summed E-state index contributed by atoms with van der Waals surface area (Å²) >= 11 is 11.5. The molecule has 0 atom stereocenters. The Labute approximate surface area is 171 Å². The monoisotopic (exact) mass is 457 g/mol. The number of halogens is 3. The summed E-state index contributed by atoms with van der Waals surface area (Å²) < 4.78 is 7.05. The summed E-state index contributed by atoms with van der Waals surface area (Å²) in [5.74, 6) is 0.872. The molecule has 3 rings (SSSR count). The van der Waals surface area contributed by atoms with Gasteiger partial charge in [0, 0.05) is 38.6 Å². The minimum absolute atomic E-state index is 0. The smallest absolute Gasteiger partial charge is 0.124 e. The van der Waals surface area contributed by atoms with E-state index in [1.165, 1.54) is 4.88 Å². The highest BCUT2D eigenvalue weighted by molar-refractivity contribution is 9.10. The Morgan fingerprint density at radius 3 is 2.60 bits per heavy atom. The molecule has 2 nitrogen and oxygen atoms in total. The summed E-state index contributed by atoms with van der Waals surface area (Å²) in [5, 5.41) is 6.29. The third-order valence-corrected chi connectivity index (χ3v) is 5.30. The van der Waals surface area contributed by atoms with Crippen LogP contribution in [0.15, 0.2) is 64.5 Å². The van der Waals surface area contributed by atoms with Gasteiger partial charge in [-0.2, -0.15) is 0 Å². The van der Waals surface area contributed by atoms with Crippen LogP contribution in [-0.4, -0.2) is 0 Å². The van der Waals surface area contributed by atoms with Crippen LogP contribution in [-0.2, 0) is 19.7 Å². The SMILES string of the molecule is Cl.Clc1ccccc1COc1ccc(Br)cc1CNCc1cccs1. The highest BCUT2D eigenvalue weighted by atomic mass is 79.9. The van der Waals surface area contributed by atoms with Crippen LogP contribution in [0.1, 0.15) is 16.0 Å². The Hall–Kier alpha value is -1.04. The second-order valence-corrected chi connectivity index (χ2v) is 7.67. The predicted molar refractivity (Wildman–Crippen MR) is 112 cm³/mol. The van der Waals surface area contributed by atoms with Crippen molar-refractivity contribution in [3.05, 3.63) is 85.5 Å². The third-order valence-electron chi connectivity index (χ3n) is 3.56. The van der Waals surface area contributed by atoms with Crippen LogP contribution in [0.4, 0.5) is 0 Å². The molecule has 3 aromatic rings. The number of thiophene rings is 1. The standard InChI is InChI=1S/C19H17BrClNOS.ClH/c20-16-7-8-19(23-13-14-4-1-2-6-18(14)21)15(10-16)11-22-12-17-5-3-9-24-17;/h1-10,22H,11-13H2;1H. The van der Waals surface area contributed by atoms with Crippen molar-refractivity contribution in [3.63, 3.8) is 0 Å². The van der Waals surface area contributed by atoms with Crippen molar-refractivity contribution in [1.29, 1.82) is 0 Å². The predicted octanol–water partition coefficient (Wildman–Crippen LogP) is 6.45. The van der Waals surface area contributed by atoms with E-state index in [9.17, 15) is 0 Å². The molecule has 0 fully saturated rings.